The largest absolute Gasteiger partial charge is 0.370 e. The van der Waals surface area contributed by atoms with Crippen LogP contribution in [0.4, 0.5) is 0 Å². The number of aliphatic imine (C=N–C) groups is 1. The van der Waals surface area contributed by atoms with E-state index in [0.717, 1.165) is 19.1 Å². The highest BCUT2D eigenvalue weighted by Gasteiger charge is 2.23. The highest BCUT2D eigenvalue weighted by atomic mass is 32.2. The maximum Gasteiger partial charge on any atom is 0.281 e. The number of sulfone groups is 1. The number of aryl methyl sites for hydroxylation is 1. The molecule has 1 amide bonds. The third-order valence-corrected chi connectivity index (χ3v) is 4.22. The Bertz CT molecular complexity index is 755. The summed E-state index contributed by atoms with van der Waals surface area (Å²) in [6, 6.07) is 3.05. The molecule has 0 saturated carbocycles. The van der Waals surface area contributed by atoms with Crippen molar-refractivity contribution in [3.8, 4) is 12.3 Å². The van der Waals surface area contributed by atoms with Gasteiger partial charge in [-0.05, 0) is 24.5 Å². The van der Waals surface area contributed by atoms with E-state index in [1.165, 1.54) is 6.07 Å². The van der Waals surface area contributed by atoms with Crippen molar-refractivity contribution < 1.29 is 13.2 Å². The van der Waals surface area contributed by atoms with Gasteiger partial charge in [0.15, 0.2) is 15.8 Å². The van der Waals surface area contributed by atoms with E-state index in [-0.39, 0.29) is 16.0 Å². The highest BCUT2D eigenvalue weighted by molar-refractivity contribution is 7.90. The summed E-state index contributed by atoms with van der Waals surface area (Å²) >= 11 is 0. The topological polar surface area (TPSA) is 116 Å². The van der Waals surface area contributed by atoms with E-state index in [9.17, 15) is 13.2 Å². The lowest BCUT2D eigenvalue weighted by Crippen LogP contribution is -2.24. The van der Waals surface area contributed by atoms with Crippen molar-refractivity contribution >= 4 is 21.7 Å². The quantitative estimate of drug-likeness (QED) is 0.473. The Kier molecular flexibility index (Phi) is 5.71. The Morgan fingerprint density at radius 3 is 2.45 bits per heavy atom. The van der Waals surface area contributed by atoms with Gasteiger partial charge >= 0.3 is 0 Å². The Morgan fingerprint density at radius 1 is 1.36 bits per heavy atom. The van der Waals surface area contributed by atoms with Crippen LogP contribution in [0.1, 0.15) is 41.3 Å². The molecule has 1 rings (SSSR count). The van der Waals surface area contributed by atoms with Crippen molar-refractivity contribution in [2.45, 2.75) is 31.1 Å². The molecule has 0 radical (unpaired) electrons. The van der Waals surface area contributed by atoms with Gasteiger partial charge in [0.05, 0.1) is 16.0 Å². The smallest absolute Gasteiger partial charge is 0.281 e. The Hall–Kier alpha value is -2.33. The van der Waals surface area contributed by atoms with Crippen LogP contribution in [-0.4, -0.2) is 26.5 Å². The summed E-state index contributed by atoms with van der Waals surface area (Å²) < 4.78 is 24.2. The van der Waals surface area contributed by atoms with Gasteiger partial charge < -0.3 is 11.5 Å². The molecule has 0 fully saturated rings. The average Bonchev–Trinajstić information content (AvgIpc) is 2.41. The summed E-state index contributed by atoms with van der Waals surface area (Å²) in [5, 5.41) is 0. The first kappa shape index (κ1) is 17.7. The van der Waals surface area contributed by atoms with E-state index in [1.807, 2.05) is 6.92 Å². The number of rotatable bonds is 5. The van der Waals surface area contributed by atoms with E-state index in [1.54, 1.807) is 6.07 Å². The standard InChI is InChI=1S/C15H19N3O3S/c1-4-6-7-10-8-9-12(14(19)18-15(16)17)11(5-2)13(10)22(3,20)21/h2,8-9H,4,6-7H2,1,3H3,(H4,16,17,18,19). The van der Waals surface area contributed by atoms with Gasteiger partial charge in [-0.3, -0.25) is 4.79 Å². The summed E-state index contributed by atoms with van der Waals surface area (Å²) in [4.78, 5) is 15.4. The van der Waals surface area contributed by atoms with Crippen molar-refractivity contribution in [2.24, 2.45) is 16.5 Å². The summed E-state index contributed by atoms with van der Waals surface area (Å²) in [6.45, 7) is 2.00. The first-order valence-corrected chi connectivity index (χ1v) is 8.58. The third-order valence-electron chi connectivity index (χ3n) is 3.02. The molecule has 6 nitrogen and oxygen atoms in total. The zero-order chi connectivity index (χ0) is 16.9. The zero-order valence-electron chi connectivity index (χ0n) is 12.6. The van der Waals surface area contributed by atoms with Crippen LogP contribution in [0.25, 0.3) is 0 Å². The molecule has 7 heteroatoms. The molecule has 22 heavy (non-hydrogen) atoms. The molecule has 0 spiro atoms. The SMILES string of the molecule is C#Cc1c(C(=O)N=C(N)N)ccc(CCCC)c1S(C)(=O)=O. The number of hydrogen-bond donors (Lipinski definition) is 2. The molecule has 4 N–H and O–H groups in total. The van der Waals surface area contributed by atoms with Gasteiger partial charge in [0.25, 0.3) is 5.91 Å². The van der Waals surface area contributed by atoms with Crippen LogP contribution in [0.15, 0.2) is 22.0 Å². The van der Waals surface area contributed by atoms with Gasteiger partial charge in [0, 0.05) is 6.26 Å². The van der Waals surface area contributed by atoms with E-state index >= 15 is 0 Å². The number of guanidine groups is 1. The van der Waals surface area contributed by atoms with E-state index in [0.29, 0.717) is 12.0 Å². The van der Waals surface area contributed by atoms with Gasteiger partial charge in [-0.2, -0.15) is 4.99 Å². The fourth-order valence-electron chi connectivity index (χ4n) is 2.11. The summed E-state index contributed by atoms with van der Waals surface area (Å²) in [5.74, 6) is 1.11. The Balaban J connectivity index is 3.63. The van der Waals surface area contributed by atoms with Crippen LogP contribution in [0.5, 0.6) is 0 Å². The van der Waals surface area contributed by atoms with Crippen molar-refractivity contribution in [1.29, 1.82) is 0 Å². The van der Waals surface area contributed by atoms with Crippen molar-refractivity contribution in [1.82, 2.24) is 0 Å². The molecule has 0 aliphatic rings. The third kappa shape index (κ3) is 4.09. The number of amides is 1. The number of nitrogens with two attached hydrogens (primary N) is 2. The molecule has 0 aliphatic heterocycles. The second-order valence-electron chi connectivity index (χ2n) is 4.84. The van der Waals surface area contributed by atoms with Crippen LogP contribution in [0.3, 0.4) is 0 Å². The van der Waals surface area contributed by atoms with Crippen LogP contribution in [-0.2, 0) is 16.3 Å². The molecule has 0 aromatic heterocycles. The maximum absolute atomic E-state index is 12.1. The predicted molar refractivity (Wildman–Crippen MR) is 86.2 cm³/mol. The van der Waals surface area contributed by atoms with Crippen molar-refractivity contribution in [3.63, 3.8) is 0 Å². The minimum Gasteiger partial charge on any atom is -0.370 e. The number of terminal acetylenes is 1. The van der Waals surface area contributed by atoms with Gasteiger partial charge in [-0.25, -0.2) is 8.42 Å². The molecule has 1 aromatic rings. The molecule has 0 heterocycles. The Morgan fingerprint density at radius 2 is 2.00 bits per heavy atom. The van der Waals surface area contributed by atoms with Crippen LogP contribution in [0.2, 0.25) is 0 Å². The van der Waals surface area contributed by atoms with Crippen molar-refractivity contribution in [3.05, 3.63) is 28.8 Å². The monoisotopic (exact) mass is 321 g/mol. The average molecular weight is 321 g/mol. The lowest BCUT2D eigenvalue weighted by molar-refractivity contribution is 0.100. The first-order chi connectivity index (χ1) is 10.2. The maximum atomic E-state index is 12.1. The summed E-state index contributed by atoms with van der Waals surface area (Å²) in [5.41, 5.74) is 11.0. The molecule has 0 bridgehead atoms. The lowest BCUT2D eigenvalue weighted by atomic mass is 10.0. The molecule has 1 aromatic carbocycles. The molecular weight excluding hydrogens is 302 g/mol. The molecule has 0 atom stereocenters. The highest BCUT2D eigenvalue weighted by Crippen LogP contribution is 2.26. The minimum absolute atomic E-state index is 0.0000860. The predicted octanol–water partition coefficient (Wildman–Crippen LogP) is 0.828. The number of carbonyl (C=O) groups excluding carboxylic acids is 1. The summed E-state index contributed by atoms with van der Waals surface area (Å²) in [6.07, 6.45) is 8.78. The second-order valence-corrected chi connectivity index (χ2v) is 6.79. The summed E-state index contributed by atoms with van der Waals surface area (Å²) in [7, 11) is -3.60. The fraction of sp³-hybridized carbons (Fsp3) is 0.333. The van der Waals surface area contributed by atoms with Crippen molar-refractivity contribution in [2.75, 3.05) is 6.26 Å². The fourth-order valence-corrected chi connectivity index (χ4v) is 3.30. The van der Waals surface area contributed by atoms with Gasteiger partial charge in [0.1, 0.15) is 0 Å². The number of nitrogens with zero attached hydrogens (tertiary/aromatic N) is 1. The van der Waals surface area contributed by atoms with E-state index < -0.39 is 21.7 Å². The van der Waals surface area contributed by atoms with Crippen LogP contribution in [0, 0.1) is 12.3 Å². The van der Waals surface area contributed by atoms with Gasteiger partial charge in [-0.15, -0.1) is 6.42 Å². The number of benzene rings is 1. The molecule has 0 unspecified atom stereocenters. The normalized spacial score (nSPS) is 10.8. The molecule has 0 saturated heterocycles. The lowest BCUT2D eigenvalue weighted by Gasteiger charge is -2.13. The number of unbranched alkanes of at least 4 members (excludes halogenated alkanes) is 1. The minimum atomic E-state index is -3.60. The molecule has 0 aliphatic carbocycles. The molecular formula is C15H19N3O3S. The van der Waals surface area contributed by atoms with Gasteiger partial charge in [0.2, 0.25) is 0 Å². The number of carbonyl (C=O) groups is 1. The zero-order valence-corrected chi connectivity index (χ0v) is 13.4. The van der Waals surface area contributed by atoms with Crippen LogP contribution < -0.4 is 11.5 Å². The van der Waals surface area contributed by atoms with Gasteiger partial charge in [-0.1, -0.05) is 25.3 Å². The number of hydrogen-bond acceptors (Lipinski definition) is 3. The van der Waals surface area contributed by atoms with E-state index in [4.69, 9.17) is 17.9 Å². The van der Waals surface area contributed by atoms with Crippen LogP contribution >= 0.6 is 0 Å². The van der Waals surface area contributed by atoms with E-state index in [2.05, 4.69) is 10.9 Å². The Labute approximate surface area is 130 Å². The molecule has 118 valence electrons. The first-order valence-electron chi connectivity index (χ1n) is 6.68. The second kappa shape index (κ2) is 7.09.